The van der Waals surface area contributed by atoms with Crippen LogP contribution < -0.4 is 0 Å². The first-order valence-corrected chi connectivity index (χ1v) is 5.54. The number of carbonyl (C=O) groups is 2. The van der Waals surface area contributed by atoms with Gasteiger partial charge >= 0.3 is 6.03 Å². The van der Waals surface area contributed by atoms with Crippen LogP contribution in [0.4, 0.5) is 10.5 Å². The smallest absolute Gasteiger partial charge is 0.326 e. The molecule has 1 aromatic carbocycles. The van der Waals surface area contributed by atoms with E-state index in [4.69, 9.17) is 6.42 Å². The van der Waals surface area contributed by atoms with E-state index >= 15 is 0 Å². The fourth-order valence-electron chi connectivity index (χ4n) is 1.52. The highest BCUT2D eigenvalue weighted by atomic mass is 16.6. The number of rotatable bonds is 2. The van der Waals surface area contributed by atoms with E-state index in [-0.39, 0.29) is 16.8 Å². The van der Waals surface area contributed by atoms with Crippen molar-refractivity contribution in [1.29, 1.82) is 0 Å². The summed E-state index contributed by atoms with van der Waals surface area (Å²) in [7, 11) is 4.29. The van der Waals surface area contributed by atoms with Crippen LogP contribution in [0.5, 0.6) is 0 Å². The molecule has 0 aromatic heterocycles. The van der Waals surface area contributed by atoms with Gasteiger partial charge in [0, 0.05) is 32.8 Å². The molecule has 0 unspecified atom stereocenters. The summed E-state index contributed by atoms with van der Waals surface area (Å²) in [6, 6.07) is 3.19. The van der Waals surface area contributed by atoms with Crippen LogP contribution in [0.1, 0.15) is 15.9 Å². The van der Waals surface area contributed by atoms with Gasteiger partial charge in [-0.1, -0.05) is 5.92 Å². The summed E-state index contributed by atoms with van der Waals surface area (Å²) >= 11 is 0. The number of hydrogen-bond acceptors (Lipinski definition) is 4. The highest BCUT2D eigenvalue weighted by molar-refractivity contribution is 6.04. The van der Waals surface area contributed by atoms with Crippen LogP contribution in [0.25, 0.3) is 0 Å². The molecular weight excluding hydrogens is 262 g/mol. The fourth-order valence-corrected chi connectivity index (χ4v) is 1.52. The van der Waals surface area contributed by atoms with Crippen molar-refractivity contribution in [3.8, 4) is 12.3 Å². The van der Waals surface area contributed by atoms with Crippen LogP contribution in [0, 0.1) is 22.5 Å². The molecule has 0 atom stereocenters. The Hall–Kier alpha value is -2.88. The van der Waals surface area contributed by atoms with Crippen LogP contribution >= 0.6 is 0 Å². The van der Waals surface area contributed by atoms with Crippen LogP contribution in [-0.4, -0.2) is 47.8 Å². The molecule has 0 saturated carbocycles. The second-order valence-electron chi connectivity index (χ2n) is 4.17. The third-order valence-corrected chi connectivity index (χ3v) is 2.57. The summed E-state index contributed by atoms with van der Waals surface area (Å²) in [6.07, 6.45) is 5.15. The standard InChI is InChI=1S/C13H13N3O4/c1-5-9-6-7-10(8-11(9)16(19)20)12(17)15(4)13(18)14(2)3/h1,6-8H,2-4H3. The van der Waals surface area contributed by atoms with Gasteiger partial charge in [-0.3, -0.25) is 19.8 Å². The first kappa shape index (κ1) is 15.2. The van der Waals surface area contributed by atoms with E-state index in [2.05, 4.69) is 5.92 Å². The molecule has 7 heteroatoms. The van der Waals surface area contributed by atoms with Gasteiger partial charge in [0.15, 0.2) is 0 Å². The van der Waals surface area contributed by atoms with Gasteiger partial charge in [-0.05, 0) is 12.1 Å². The van der Waals surface area contributed by atoms with E-state index in [1.54, 1.807) is 0 Å². The molecular formula is C13H13N3O4. The van der Waals surface area contributed by atoms with Gasteiger partial charge in [0.1, 0.15) is 5.56 Å². The lowest BCUT2D eigenvalue weighted by Crippen LogP contribution is -2.40. The number of hydrogen-bond donors (Lipinski definition) is 0. The third kappa shape index (κ3) is 2.92. The topological polar surface area (TPSA) is 83.8 Å². The lowest BCUT2D eigenvalue weighted by molar-refractivity contribution is -0.385. The van der Waals surface area contributed by atoms with Gasteiger partial charge in [-0.2, -0.15) is 0 Å². The largest absolute Gasteiger partial charge is 0.330 e. The maximum Gasteiger partial charge on any atom is 0.326 e. The second-order valence-corrected chi connectivity index (χ2v) is 4.17. The summed E-state index contributed by atoms with van der Waals surface area (Å²) in [4.78, 5) is 36.0. The zero-order chi connectivity index (χ0) is 15.4. The molecule has 0 aliphatic heterocycles. The van der Waals surface area contributed by atoms with Gasteiger partial charge < -0.3 is 4.90 Å². The summed E-state index contributed by atoms with van der Waals surface area (Å²) in [5, 5.41) is 10.9. The van der Waals surface area contributed by atoms with Crippen molar-refractivity contribution >= 4 is 17.6 Å². The minimum Gasteiger partial charge on any atom is -0.330 e. The number of benzene rings is 1. The van der Waals surface area contributed by atoms with Crippen LogP contribution in [0.15, 0.2) is 18.2 Å². The Morgan fingerprint density at radius 1 is 1.30 bits per heavy atom. The molecule has 7 nitrogen and oxygen atoms in total. The molecule has 0 fully saturated rings. The molecule has 3 amide bonds. The van der Waals surface area contributed by atoms with Crippen molar-refractivity contribution < 1.29 is 14.5 Å². The molecule has 0 aliphatic carbocycles. The molecule has 0 saturated heterocycles. The second kappa shape index (κ2) is 5.84. The van der Waals surface area contributed by atoms with Crippen molar-refractivity contribution in [2.24, 2.45) is 0 Å². The normalized spacial score (nSPS) is 9.50. The van der Waals surface area contributed by atoms with E-state index in [0.717, 1.165) is 11.0 Å². The number of amides is 3. The molecule has 1 rings (SSSR count). The minimum absolute atomic E-state index is 0.0217. The quantitative estimate of drug-likeness (QED) is 0.463. The average molecular weight is 275 g/mol. The number of carbonyl (C=O) groups excluding carboxylic acids is 2. The van der Waals surface area contributed by atoms with Crippen LogP contribution in [0.2, 0.25) is 0 Å². The van der Waals surface area contributed by atoms with Crippen molar-refractivity contribution in [3.63, 3.8) is 0 Å². The monoisotopic (exact) mass is 275 g/mol. The van der Waals surface area contributed by atoms with Gasteiger partial charge in [0.05, 0.1) is 4.92 Å². The highest BCUT2D eigenvalue weighted by Gasteiger charge is 2.23. The molecule has 104 valence electrons. The number of nitro benzene ring substituents is 1. The molecule has 0 N–H and O–H groups in total. The molecule has 0 aliphatic rings. The summed E-state index contributed by atoms with van der Waals surface area (Å²) in [5.41, 5.74) is -0.245. The molecule has 1 aromatic rings. The Balaban J connectivity index is 3.19. The predicted octanol–water partition coefficient (Wildman–Crippen LogP) is 1.33. The average Bonchev–Trinajstić information content (AvgIpc) is 2.43. The molecule has 0 spiro atoms. The zero-order valence-corrected chi connectivity index (χ0v) is 11.3. The van der Waals surface area contributed by atoms with Crippen LogP contribution in [0.3, 0.4) is 0 Å². The third-order valence-electron chi connectivity index (χ3n) is 2.57. The maximum absolute atomic E-state index is 12.1. The molecule has 0 bridgehead atoms. The van der Waals surface area contributed by atoms with E-state index in [1.807, 2.05) is 0 Å². The summed E-state index contributed by atoms with van der Waals surface area (Å²) in [6.45, 7) is 0. The molecule has 20 heavy (non-hydrogen) atoms. The number of imide groups is 1. The van der Waals surface area contributed by atoms with Crippen molar-refractivity contribution in [2.75, 3.05) is 21.1 Å². The first-order valence-electron chi connectivity index (χ1n) is 5.54. The van der Waals surface area contributed by atoms with E-state index < -0.39 is 16.9 Å². The lowest BCUT2D eigenvalue weighted by Gasteiger charge is -2.20. The number of terminal acetylenes is 1. The summed E-state index contributed by atoms with van der Waals surface area (Å²) < 4.78 is 0. The molecule has 0 heterocycles. The van der Waals surface area contributed by atoms with Gasteiger partial charge in [-0.15, -0.1) is 6.42 Å². The van der Waals surface area contributed by atoms with Gasteiger partial charge in [0.25, 0.3) is 11.6 Å². The number of urea groups is 1. The van der Waals surface area contributed by atoms with Crippen LogP contribution in [-0.2, 0) is 0 Å². The Kier molecular flexibility index (Phi) is 4.43. The van der Waals surface area contributed by atoms with Crippen molar-refractivity contribution in [1.82, 2.24) is 9.80 Å². The van der Waals surface area contributed by atoms with E-state index in [0.29, 0.717) is 0 Å². The highest BCUT2D eigenvalue weighted by Crippen LogP contribution is 2.20. The van der Waals surface area contributed by atoms with Crippen molar-refractivity contribution in [2.45, 2.75) is 0 Å². The van der Waals surface area contributed by atoms with Crippen molar-refractivity contribution in [3.05, 3.63) is 39.4 Å². The number of nitrogens with zero attached hydrogens (tertiary/aromatic N) is 3. The molecule has 0 radical (unpaired) electrons. The Morgan fingerprint density at radius 3 is 2.35 bits per heavy atom. The fraction of sp³-hybridized carbons (Fsp3) is 0.231. The summed E-state index contributed by atoms with van der Waals surface area (Å²) in [5.74, 6) is 1.53. The lowest BCUT2D eigenvalue weighted by atomic mass is 10.1. The zero-order valence-electron chi connectivity index (χ0n) is 11.3. The predicted molar refractivity (Wildman–Crippen MR) is 72.2 cm³/mol. The first-order chi connectivity index (χ1) is 9.29. The van der Waals surface area contributed by atoms with Gasteiger partial charge in [0.2, 0.25) is 0 Å². The van der Waals surface area contributed by atoms with Gasteiger partial charge in [-0.25, -0.2) is 4.79 Å². The van der Waals surface area contributed by atoms with E-state index in [1.165, 1.54) is 38.2 Å². The Labute approximate surface area is 115 Å². The van der Waals surface area contributed by atoms with E-state index in [9.17, 15) is 19.7 Å². The minimum atomic E-state index is -0.667. The Morgan fingerprint density at radius 2 is 1.90 bits per heavy atom. The Bertz CT molecular complexity index is 617. The number of nitro groups is 1. The maximum atomic E-state index is 12.1. The SMILES string of the molecule is C#Cc1ccc(C(=O)N(C)C(=O)N(C)C)cc1[N+](=O)[O-].